The summed E-state index contributed by atoms with van der Waals surface area (Å²) in [4.78, 5) is 12.0. The number of carbonyl (C=O) groups is 1. The maximum absolute atomic E-state index is 10.6. The van der Waals surface area contributed by atoms with E-state index >= 15 is 0 Å². The molecule has 1 N–H and O–H groups in total. The lowest BCUT2D eigenvalue weighted by Gasteiger charge is -2.31. The Morgan fingerprint density at radius 2 is 1.71 bits per heavy atom. The van der Waals surface area contributed by atoms with Crippen molar-refractivity contribution in [2.75, 3.05) is 5.75 Å². The number of carboxylic acids is 1. The molecule has 2 saturated carbocycles. The minimum Gasteiger partial charge on any atom is -0.481 e. The van der Waals surface area contributed by atoms with E-state index in [0.717, 1.165) is 36.5 Å². The topological polar surface area (TPSA) is 37.3 Å². The Labute approximate surface area is 150 Å². The van der Waals surface area contributed by atoms with Crippen LogP contribution in [-0.4, -0.2) is 16.8 Å². The third-order valence-corrected chi connectivity index (χ3v) is 7.30. The Morgan fingerprint density at radius 1 is 1.00 bits per heavy atom. The zero-order valence-corrected chi connectivity index (χ0v) is 15.3. The van der Waals surface area contributed by atoms with Gasteiger partial charge in [-0.3, -0.25) is 4.79 Å². The molecule has 2 aliphatic carbocycles. The predicted molar refractivity (Wildman–Crippen MR) is 100 cm³/mol. The van der Waals surface area contributed by atoms with Gasteiger partial charge in [-0.25, -0.2) is 0 Å². The molecule has 3 heteroatoms. The molecule has 2 aliphatic rings. The maximum Gasteiger partial charge on any atom is 0.303 e. The first-order chi connectivity index (χ1) is 11.7. The summed E-state index contributed by atoms with van der Waals surface area (Å²) in [5.41, 5.74) is 0. The average molecular weight is 347 g/mol. The largest absolute Gasteiger partial charge is 0.481 e. The second-order valence-corrected chi connectivity index (χ2v) is 8.73. The summed E-state index contributed by atoms with van der Waals surface area (Å²) < 4.78 is 0. The van der Waals surface area contributed by atoms with Crippen molar-refractivity contribution in [3.8, 4) is 0 Å². The van der Waals surface area contributed by atoms with Gasteiger partial charge in [-0.1, -0.05) is 37.5 Å². The highest BCUT2D eigenvalue weighted by Crippen LogP contribution is 2.55. The van der Waals surface area contributed by atoms with Crippen molar-refractivity contribution in [2.24, 2.45) is 23.7 Å². The quantitative estimate of drug-likeness (QED) is 0.425. The molecule has 0 radical (unpaired) electrons. The van der Waals surface area contributed by atoms with Gasteiger partial charge < -0.3 is 5.11 Å². The lowest BCUT2D eigenvalue weighted by Crippen LogP contribution is -2.24. The molecule has 0 aliphatic heterocycles. The number of aliphatic carboxylic acids is 1. The summed E-state index contributed by atoms with van der Waals surface area (Å²) in [5, 5.41) is 8.70. The van der Waals surface area contributed by atoms with Crippen LogP contribution in [0.25, 0.3) is 0 Å². The molecule has 132 valence electrons. The van der Waals surface area contributed by atoms with Gasteiger partial charge in [0, 0.05) is 17.1 Å². The number of rotatable bonds is 10. The normalized spacial score (nSPS) is 28.3. The van der Waals surface area contributed by atoms with Crippen molar-refractivity contribution in [2.45, 2.75) is 62.7 Å². The summed E-state index contributed by atoms with van der Waals surface area (Å²) in [6.45, 7) is 0. The van der Waals surface area contributed by atoms with Crippen molar-refractivity contribution < 1.29 is 9.90 Å². The van der Waals surface area contributed by atoms with Crippen molar-refractivity contribution in [3.63, 3.8) is 0 Å². The second-order valence-electron chi connectivity index (χ2n) is 7.63. The van der Waals surface area contributed by atoms with E-state index in [1.807, 2.05) is 11.8 Å². The lowest BCUT2D eigenvalue weighted by atomic mass is 9.77. The van der Waals surface area contributed by atoms with Gasteiger partial charge in [0.25, 0.3) is 0 Å². The van der Waals surface area contributed by atoms with Crippen LogP contribution in [0.15, 0.2) is 35.2 Å². The van der Waals surface area contributed by atoms with Crippen LogP contribution in [0.3, 0.4) is 0 Å². The van der Waals surface area contributed by atoms with Gasteiger partial charge in [0.05, 0.1) is 0 Å². The van der Waals surface area contributed by atoms with Crippen molar-refractivity contribution in [1.82, 2.24) is 0 Å². The smallest absolute Gasteiger partial charge is 0.303 e. The molecule has 0 amide bonds. The van der Waals surface area contributed by atoms with Gasteiger partial charge in [-0.2, -0.15) is 0 Å². The molecule has 3 rings (SSSR count). The number of hydrogen-bond acceptors (Lipinski definition) is 2. The number of benzene rings is 1. The molecule has 2 bridgehead atoms. The van der Waals surface area contributed by atoms with Crippen molar-refractivity contribution >= 4 is 17.7 Å². The zero-order valence-electron chi connectivity index (χ0n) is 14.5. The van der Waals surface area contributed by atoms with E-state index < -0.39 is 5.97 Å². The van der Waals surface area contributed by atoms with Gasteiger partial charge >= 0.3 is 5.97 Å². The van der Waals surface area contributed by atoms with E-state index in [9.17, 15) is 4.79 Å². The van der Waals surface area contributed by atoms with Crippen LogP contribution in [-0.2, 0) is 4.79 Å². The molecule has 0 heterocycles. The Bertz CT molecular complexity index is 516. The van der Waals surface area contributed by atoms with Gasteiger partial charge in [0.1, 0.15) is 0 Å². The number of unbranched alkanes of at least 4 members (excludes halogenated alkanes) is 3. The van der Waals surface area contributed by atoms with E-state index in [1.54, 1.807) is 0 Å². The minimum atomic E-state index is -0.652. The minimum absolute atomic E-state index is 0.338. The van der Waals surface area contributed by atoms with Crippen LogP contribution < -0.4 is 0 Å². The Hall–Kier alpha value is -0.960. The van der Waals surface area contributed by atoms with Crippen LogP contribution in [0.5, 0.6) is 0 Å². The van der Waals surface area contributed by atoms with E-state index in [-0.39, 0.29) is 0 Å². The first kappa shape index (κ1) is 17.8. The molecule has 4 atom stereocenters. The molecular formula is C21H30O2S. The SMILES string of the molecule is O=C(O)CCCCCCC1C2CCC(C2)C1CSc1ccccc1. The third kappa shape index (κ3) is 4.78. The average Bonchev–Trinajstić information content (AvgIpc) is 3.18. The van der Waals surface area contributed by atoms with Crippen LogP contribution in [0.1, 0.15) is 57.8 Å². The Morgan fingerprint density at radius 3 is 2.46 bits per heavy atom. The molecule has 0 aromatic heterocycles. The van der Waals surface area contributed by atoms with Gasteiger partial charge in [0.2, 0.25) is 0 Å². The first-order valence-electron chi connectivity index (χ1n) is 9.63. The fraction of sp³-hybridized carbons (Fsp3) is 0.667. The van der Waals surface area contributed by atoms with Crippen LogP contribution >= 0.6 is 11.8 Å². The predicted octanol–water partition coefficient (Wildman–Crippen LogP) is 5.87. The molecule has 2 nitrogen and oxygen atoms in total. The van der Waals surface area contributed by atoms with Crippen LogP contribution in [0.4, 0.5) is 0 Å². The molecular weight excluding hydrogens is 316 g/mol. The van der Waals surface area contributed by atoms with E-state index in [2.05, 4.69) is 30.3 Å². The molecule has 2 fully saturated rings. The van der Waals surface area contributed by atoms with E-state index in [0.29, 0.717) is 6.42 Å². The van der Waals surface area contributed by atoms with Crippen LogP contribution in [0.2, 0.25) is 0 Å². The second kappa shape index (κ2) is 8.94. The number of thioether (sulfide) groups is 1. The van der Waals surface area contributed by atoms with Crippen molar-refractivity contribution in [3.05, 3.63) is 30.3 Å². The summed E-state index contributed by atoms with van der Waals surface area (Å²) >= 11 is 2.05. The number of fused-ring (bicyclic) bond motifs is 2. The molecule has 1 aromatic carbocycles. The highest BCUT2D eigenvalue weighted by Gasteiger charge is 2.46. The molecule has 0 spiro atoms. The number of carboxylic acid groups (broad SMARTS) is 1. The van der Waals surface area contributed by atoms with Gasteiger partial charge in [-0.05, 0) is 67.9 Å². The first-order valence-corrected chi connectivity index (χ1v) is 10.6. The van der Waals surface area contributed by atoms with Crippen LogP contribution in [0, 0.1) is 23.7 Å². The summed E-state index contributed by atoms with van der Waals surface area (Å²) in [6.07, 6.45) is 10.5. The lowest BCUT2D eigenvalue weighted by molar-refractivity contribution is -0.137. The Balaban J connectivity index is 1.42. The molecule has 24 heavy (non-hydrogen) atoms. The van der Waals surface area contributed by atoms with Gasteiger partial charge in [0.15, 0.2) is 0 Å². The van der Waals surface area contributed by atoms with E-state index in [4.69, 9.17) is 5.11 Å². The Kier molecular flexibility index (Phi) is 6.65. The van der Waals surface area contributed by atoms with Crippen molar-refractivity contribution in [1.29, 1.82) is 0 Å². The standard InChI is InChI=1S/C21H30O2S/c22-21(23)11-7-2-1-6-10-19-16-12-13-17(14-16)20(19)15-24-18-8-4-3-5-9-18/h3-5,8-9,16-17,19-20H,1-2,6-7,10-15H2,(H,22,23). The highest BCUT2D eigenvalue weighted by atomic mass is 32.2. The van der Waals surface area contributed by atoms with Gasteiger partial charge in [-0.15, -0.1) is 11.8 Å². The fourth-order valence-corrected chi connectivity index (χ4v) is 6.21. The number of hydrogen-bond donors (Lipinski definition) is 1. The highest BCUT2D eigenvalue weighted by molar-refractivity contribution is 7.99. The molecule has 1 aromatic rings. The molecule has 0 saturated heterocycles. The fourth-order valence-electron chi connectivity index (χ4n) is 4.96. The monoisotopic (exact) mass is 346 g/mol. The summed E-state index contributed by atoms with van der Waals surface area (Å²) in [6, 6.07) is 10.8. The summed E-state index contributed by atoms with van der Waals surface area (Å²) in [5.74, 6) is 4.43. The van der Waals surface area contributed by atoms with E-state index in [1.165, 1.54) is 49.2 Å². The maximum atomic E-state index is 10.6. The zero-order chi connectivity index (χ0) is 16.8. The third-order valence-electron chi connectivity index (χ3n) is 6.14. The molecule has 4 unspecified atom stereocenters. The summed E-state index contributed by atoms with van der Waals surface area (Å²) in [7, 11) is 0.